The molecule has 0 atom stereocenters. The van der Waals surface area contributed by atoms with E-state index in [-0.39, 0.29) is 0 Å². The van der Waals surface area contributed by atoms with Gasteiger partial charge in [0.15, 0.2) is 0 Å². The molecule has 2 rings (SSSR count). The van der Waals surface area contributed by atoms with Crippen LogP contribution in [0.5, 0.6) is 0 Å². The first-order valence-corrected chi connectivity index (χ1v) is 8.66. The first-order chi connectivity index (χ1) is 9.25. The second-order valence-corrected chi connectivity index (χ2v) is 6.89. The van der Waals surface area contributed by atoms with Crippen LogP contribution in [0.4, 0.5) is 0 Å². The molecule has 1 amide bonds. The molecule has 1 N–H and O–H groups in total. The summed E-state index contributed by atoms with van der Waals surface area (Å²) in [5.74, 6) is 3.45. The van der Waals surface area contributed by atoms with Crippen LogP contribution in [0.15, 0.2) is 0 Å². The van der Waals surface area contributed by atoms with Gasteiger partial charge in [0.25, 0.3) is 0 Å². The molecule has 0 aromatic heterocycles. The lowest BCUT2D eigenvalue weighted by Crippen LogP contribution is -2.46. The maximum atomic E-state index is 12.2. The van der Waals surface area contributed by atoms with Crippen molar-refractivity contribution in [3.8, 4) is 0 Å². The van der Waals surface area contributed by atoms with E-state index in [4.69, 9.17) is 0 Å². The Labute approximate surface area is 121 Å². The smallest absolute Gasteiger partial charge is 0.222 e. The Balaban J connectivity index is 1.63. The van der Waals surface area contributed by atoms with Gasteiger partial charge >= 0.3 is 0 Å². The van der Waals surface area contributed by atoms with Crippen LogP contribution < -0.4 is 5.32 Å². The largest absolute Gasteiger partial charge is 0.344 e. The number of nitrogens with zero attached hydrogens (tertiary/aromatic N) is 2. The molecule has 0 aliphatic carbocycles. The third-order valence-corrected chi connectivity index (χ3v) is 5.24. The molecule has 5 heteroatoms. The lowest BCUT2D eigenvalue weighted by Gasteiger charge is -2.30. The summed E-state index contributed by atoms with van der Waals surface area (Å²) in [6.45, 7) is 6.28. The van der Waals surface area contributed by atoms with Gasteiger partial charge in [-0.3, -0.25) is 9.69 Å². The molecule has 2 heterocycles. The summed E-state index contributed by atoms with van der Waals surface area (Å²) in [5, 5.41) is 3.36. The number of hydrogen-bond acceptors (Lipinski definition) is 4. The van der Waals surface area contributed by atoms with Crippen LogP contribution in [0.3, 0.4) is 0 Å². The summed E-state index contributed by atoms with van der Waals surface area (Å²) in [4.78, 5) is 16.5. The van der Waals surface area contributed by atoms with Crippen LogP contribution in [0, 0.1) is 5.92 Å². The molecule has 0 saturated carbocycles. The van der Waals surface area contributed by atoms with Crippen molar-refractivity contribution in [3.05, 3.63) is 0 Å². The minimum Gasteiger partial charge on any atom is -0.344 e. The standard InChI is InChI=1S/C14H27N3OS/c1-16(8-9-17-6-4-15-5-7-17)14(18)12-13-2-10-19-11-3-13/h13,15H,2-12H2,1H3. The molecule has 2 fully saturated rings. The van der Waals surface area contributed by atoms with Crippen LogP contribution in [0.25, 0.3) is 0 Å². The van der Waals surface area contributed by atoms with E-state index in [0.717, 1.165) is 45.7 Å². The predicted octanol–water partition coefficient (Wildman–Crippen LogP) is 0.883. The molecule has 0 bridgehead atoms. The number of rotatable bonds is 5. The second-order valence-electron chi connectivity index (χ2n) is 5.67. The molecular formula is C14H27N3OS. The third-order valence-electron chi connectivity index (χ3n) is 4.19. The Kier molecular flexibility index (Phi) is 6.47. The molecule has 0 unspecified atom stereocenters. The van der Waals surface area contributed by atoms with Gasteiger partial charge in [-0.15, -0.1) is 0 Å². The molecule has 19 heavy (non-hydrogen) atoms. The lowest BCUT2D eigenvalue weighted by molar-refractivity contribution is -0.131. The maximum Gasteiger partial charge on any atom is 0.222 e. The van der Waals surface area contributed by atoms with Crippen LogP contribution in [0.2, 0.25) is 0 Å². The summed E-state index contributed by atoms with van der Waals surface area (Å²) >= 11 is 2.03. The van der Waals surface area contributed by atoms with Crippen molar-refractivity contribution >= 4 is 17.7 Å². The number of carbonyl (C=O) groups is 1. The van der Waals surface area contributed by atoms with Gasteiger partial charge in [-0.25, -0.2) is 0 Å². The Morgan fingerprint density at radius 2 is 2.00 bits per heavy atom. The summed E-state index contributed by atoms with van der Waals surface area (Å²) in [5.41, 5.74) is 0. The van der Waals surface area contributed by atoms with E-state index >= 15 is 0 Å². The highest BCUT2D eigenvalue weighted by atomic mass is 32.2. The zero-order chi connectivity index (χ0) is 13.5. The van der Waals surface area contributed by atoms with Gasteiger partial charge in [-0.1, -0.05) is 0 Å². The first-order valence-electron chi connectivity index (χ1n) is 7.50. The Hall–Kier alpha value is -0.260. The van der Waals surface area contributed by atoms with Crippen LogP contribution in [-0.4, -0.2) is 73.5 Å². The molecular weight excluding hydrogens is 258 g/mol. The number of hydrogen-bond donors (Lipinski definition) is 1. The lowest BCUT2D eigenvalue weighted by atomic mass is 9.98. The highest BCUT2D eigenvalue weighted by molar-refractivity contribution is 7.99. The van der Waals surface area contributed by atoms with Crippen LogP contribution >= 0.6 is 11.8 Å². The summed E-state index contributed by atoms with van der Waals surface area (Å²) < 4.78 is 0. The van der Waals surface area contributed by atoms with Gasteiger partial charge < -0.3 is 10.2 Å². The predicted molar refractivity (Wildman–Crippen MR) is 81.6 cm³/mol. The maximum absolute atomic E-state index is 12.2. The number of amides is 1. The number of nitrogens with one attached hydrogen (secondary N) is 1. The van der Waals surface area contributed by atoms with E-state index in [1.54, 1.807) is 0 Å². The van der Waals surface area contributed by atoms with Crippen LogP contribution in [-0.2, 0) is 4.79 Å². The van der Waals surface area contributed by atoms with E-state index in [1.165, 1.54) is 24.3 Å². The van der Waals surface area contributed by atoms with Gasteiger partial charge in [0.1, 0.15) is 0 Å². The molecule has 0 radical (unpaired) electrons. The van der Waals surface area contributed by atoms with E-state index in [1.807, 2.05) is 23.7 Å². The highest BCUT2D eigenvalue weighted by Gasteiger charge is 2.20. The molecule has 2 aliphatic heterocycles. The topological polar surface area (TPSA) is 35.6 Å². The zero-order valence-corrected chi connectivity index (χ0v) is 12.9. The van der Waals surface area contributed by atoms with Gasteiger partial charge in [-0.05, 0) is 30.3 Å². The van der Waals surface area contributed by atoms with Crippen molar-refractivity contribution in [2.24, 2.45) is 5.92 Å². The summed E-state index contributed by atoms with van der Waals surface area (Å²) in [6.07, 6.45) is 3.21. The van der Waals surface area contributed by atoms with E-state index < -0.39 is 0 Å². The highest BCUT2D eigenvalue weighted by Crippen LogP contribution is 2.25. The van der Waals surface area contributed by atoms with E-state index in [2.05, 4.69) is 10.2 Å². The molecule has 0 aromatic carbocycles. The molecule has 2 aliphatic rings. The fraction of sp³-hybridized carbons (Fsp3) is 0.929. The van der Waals surface area contributed by atoms with Crippen molar-refractivity contribution in [2.75, 3.05) is 57.8 Å². The van der Waals surface area contributed by atoms with Gasteiger partial charge in [0.05, 0.1) is 0 Å². The zero-order valence-electron chi connectivity index (χ0n) is 12.1. The number of likely N-dealkylation sites (N-methyl/N-ethyl adjacent to an activating group) is 1. The minimum atomic E-state index is 0.340. The minimum absolute atomic E-state index is 0.340. The summed E-state index contributed by atoms with van der Waals surface area (Å²) in [6, 6.07) is 0. The Morgan fingerprint density at radius 3 is 2.68 bits per heavy atom. The van der Waals surface area contributed by atoms with Crippen LogP contribution in [0.1, 0.15) is 19.3 Å². The quantitative estimate of drug-likeness (QED) is 0.813. The molecule has 110 valence electrons. The fourth-order valence-corrected chi connectivity index (χ4v) is 3.91. The molecule has 0 spiro atoms. The Morgan fingerprint density at radius 1 is 1.32 bits per heavy atom. The monoisotopic (exact) mass is 285 g/mol. The summed E-state index contributed by atoms with van der Waals surface area (Å²) in [7, 11) is 1.96. The average molecular weight is 285 g/mol. The number of piperazine rings is 1. The van der Waals surface area contributed by atoms with Gasteiger partial charge in [0.2, 0.25) is 5.91 Å². The third kappa shape index (κ3) is 5.32. The van der Waals surface area contributed by atoms with Crippen molar-refractivity contribution in [3.63, 3.8) is 0 Å². The SMILES string of the molecule is CN(CCN1CCNCC1)C(=O)CC1CCSCC1. The Bertz CT molecular complexity index is 276. The normalized spacial score (nSPS) is 22.4. The van der Waals surface area contributed by atoms with Gasteiger partial charge in [-0.2, -0.15) is 11.8 Å². The fourth-order valence-electron chi connectivity index (χ4n) is 2.70. The second kappa shape index (κ2) is 8.12. The molecule has 2 saturated heterocycles. The average Bonchev–Trinajstić information content (AvgIpc) is 2.47. The van der Waals surface area contributed by atoms with Crippen molar-refractivity contribution in [1.82, 2.24) is 15.1 Å². The number of carbonyl (C=O) groups excluding carboxylic acids is 1. The molecule has 4 nitrogen and oxygen atoms in total. The first kappa shape index (κ1) is 15.1. The van der Waals surface area contributed by atoms with Crippen molar-refractivity contribution in [1.29, 1.82) is 0 Å². The van der Waals surface area contributed by atoms with Crippen molar-refractivity contribution in [2.45, 2.75) is 19.3 Å². The van der Waals surface area contributed by atoms with Crippen molar-refractivity contribution < 1.29 is 4.79 Å². The number of thioether (sulfide) groups is 1. The van der Waals surface area contributed by atoms with E-state index in [9.17, 15) is 4.79 Å². The van der Waals surface area contributed by atoms with E-state index in [0.29, 0.717) is 11.8 Å². The van der Waals surface area contributed by atoms with Gasteiger partial charge in [0, 0.05) is 52.7 Å². The molecule has 0 aromatic rings.